The highest BCUT2D eigenvalue weighted by Gasteiger charge is 2.31. The second-order valence-corrected chi connectivity index (χ2v) is 13.5. The number of aromatic nitrogens is 2. The minimum atomic E-state index is -4.25. The molecule has 2 aromatic carbocycles. The Labute approximate surface area is 245 Å². The van der Waals surface area contributed by atoms with Gasteiger partial charge in [0.25, 0.3) is 26.1 Å². The van der Waals surface area contributed by atoms with Crippen molar-refractivity contribution >= 4 is 95.1 Å². The zero-order valence-corrected chi connectivity index (χ0v) is 25.2. The van der Waals surface area contributed by atoms with Gasteiger partial charge in [-0.25, -0.2) is 9.13 Å². The van der Waals surface area contributed by atoms with E-state index < -0.39 is 31.7 Å². The van der Waals surface area contributed by atoms with E-state index in [2.05, 4.69) is 0 Å². The van der Waals surface area contributed by atoms with Crippen molar-refractivity contribution in [2.75, 3.05) is 34.9 Å². The third kappa shape index (κ3) is 6.49. The quantitative estimate of drug-likeness (QED) is 0.265. The van der Waals surface area contributed by atoms with E-state index in [1.807, 2.05) is 0 Å². The maximum Gasteiger partial charge on any atom is 0.282 e. The van der Waals surface area contributed by atoms with Crippen LogP contribution in [-0.4, -0.2) is 55.6 Å². The third-order valence-corrected chi connectivity index (χ3v) is 9.06. The Morgan fingerprint density at radius 2 is 1.41 bits per heavy atom. The average Bonchev–Trinajstić information content (AvgIpc) is 3.21. The molecule has 1 aliphatic rings. The Balaban J connectivity index is 1.80. The van der Waals surface area contributed by atoms with Gasteiger partial charge in [-0.1, -0.05) is 52.5 Å². The predicted octanol–water partition coefficient (Wildman–Crippen LogP) is 4.67. The minimum absolute atomic E-state index is 0.0623. The van der Waals surface area contributed by atoms with E-state index in [0.29, 0.717) is 44.1 Å². The van der Waals surface area contributed by atoms with Crippen molar-refractivity contribution in [3.63, 3.8) is 0 Å². The molecule has 0 unspecified atom stereocenters. The summed E-state index contributed by atoms with van der Waals surface area (Å²) in [7, 11) is -4.97. The molecule has 2 N–H and O–H groups in total. The van der Waals surface area contributed by atoms with Gasteiger partial charge >= 0.3 is 0 Å². The summed E-state index contributed by atoms with van der Waals surface area (Å²) in [5.74, 6) is 0.0827. The Morgan fingerprint density at radius 1 is 0.846 bits per heavy atom. The van der Waals surface area contributed by atoms with Gasteiger partial charge in [-0.2, -0.15) is 16.8 Å². The summed E-state index contributed by atoms with van der Waals surface area (Å²) in [6.45, 7) is -0.125. The first-order valence-corrected chi connectivity index (χ1v) is 16.0. The standard InChI is InChI=1S/C23H22Cl4N4O6S2/c1-28-18-10-14(24)16(26)12-20(18)30(6-8-38(32,33)34)22(28)4-3-5-23-29(2)19-11-15(25)17(27)13-21(19)31(23)7-9-39(35,36)37/h3-5,10-13H,6-9H2,1-2H3,(H-,32,33,34,35,36,37)/p+1. The summed E-state index contributed by atoms with van der Waals surface area (Å²) in [6, 6.07) is 6.55. The lowest BCUT2D eigenvalue weighted by Gasteiger charge is -2.22. The van der Waals surface area contributed by atoms with Crippen LogP contribution >= 0.6 is 46.4 Å². The molecule has 0 radical (unpaired) electrons. The molecule has 0 aliphatic carbocycles. The van der Waals surface area contributed by atoms with Crippen molar-refractivity contribution in [2.45, 2.75) is 6.54 Å². The highest BCUT2D eigenvalue weighted by molar-refractivity contribution is 7.86. The van der Waals surface area contributed by atoms with E-state index in [1.54, 1.807) is 75.5 Å². The number of halogens is 4. The summed E-state index contributed by atoms with van der Waals surface area (Å²) in [5.41, 5.74) is 2.56. The molecule has 0 saturated heterocycles. The van der Waals surface area contributed by atoms with Crippen LogP contribution in [0.3, 0.4) is 0 Å². The van der Waals surface area contributed by atoms with Crippen LogP contribution in [-0.2, 0) is 33.8 Å². The van der Waals surface area contributed by atoms with Gasteiger partial charge in [-0.3, -0.25) is 9.11 Å². The molecule has 0 saturated carbocycles. The topological polar surface area (TPSA) is 124 Å². The van der Waals surface area contributed by atoms with Gasteiger partial charge in [0.05, 0.1) is 44.3 Å². The molecule has 4 rings (SSSR count). The zero-order chi connectivity index (χ0) is 28.9. The fourth-order valence-electron chi connectivity index (χ4n) is 4.38. The fourth-order valence-corrected chi connectivity index (χ4v) is 5.84. The molecule has 1 aliphatic heterocycles. The molecule has 210 valence electrons. The van der Waals surface area contributed by atoms with Gasteiger partial charge in [-0.15, -0.1) is 0 Å². The summed E-state index contributed by atoms with van der Waals surface area (Å²) in [6.07, 6.45) is 5.13. The Kier molecular flexibility index (Phi) is 8.52. The molecule has 0 atom stereocenters. The molecule has 2 heterocycles. The van der Waals surface area contributed by atoms with Crippen LogP contribution in [0.4, 0.5) is 11.4 Å². The fraction of sp³-hybridized carbons (Fsp3) is 0.261. The summed E-state index contributed by atoms with van der Waals surface area (Å²) in [5, 5.41) is 1.21. The number of benzene rings is 2. The highest BCUT2D eigenvalue weighted by atomic mass is 35.5. The average molecular weight is 657 g/mol. The van der Waals surface area contributed by atoms with Crippen LogP contribution in [0.5, 0.6) is 0 Å². The van der Waals surface area contributed by atoms with Crippen molar-refractivity contribution in [1.82, 2.24) is 4.57 Å². The first-order chi connectivity index (χ1) is 18.1. The molecule has 0 bridgehead atoms. The van der Waals surface area contributed by atoms with E-state index in [4.69, 9.17) is 46.4 Å². The molecule has 3 aromatic rings. The Morgan fingerprint density at radius 3 is 2.03 bits per heavy atom. The van der Waals surface area contributed by atoms with Crippen molar-refractivity contribution in [3.8, 4) is 0 Å². The maximum atomic E-state index is 11.5. The van der Waals surface area contributed by atoms with E-state index in [1.165, 1.54) is 0 Å². The van der Waals surface area contributed by atoms with E-state index in [-0.39, 0.29) is 23.1 Å². The van der Waals surface area contributed by atoms with Crippen molar-refractivity contribution in [2.24, 2.45) is 7.05 Å². The first kappa shape index (κ1) is 29.9. The Bertz CT molecular complexity index is 1750. The lowest BCUT2D eigenvalue weighted by molar-refractivity contribution is -0.669. The molecule has 10 nitrogen and oxygen atoms in total. The van der Waals surface area contributed by atoms with Crippen LogP contribution < -0.4 is 14.4 Å². The number of anilines is 2. The van der Waals surface area contributed by atoms with Crippen molar-refractivity contribution in [3.05, 3.63) is 68.2 Å². The minimum Gasteiger partial charge on any atom is -0.329 e. The van der Waals surface area contributed by atoms with Gasteiger partial charge in [0, 0.05) is 31.8 Å². The number of fused-ring (bicyclic) bond motifs is 2. The van der Waals surface area contributed by atoms with Gasteiger partial charge < -0.3 is 9.80 Å². The highest BCUT2D eigenvalue weighted by Crippen LogP contribution is 2.44. The maximum absolute atomic E-state index is 11.5. The summed E-state index contributed by atoms with van der Waals surface area (Å²) < 4.78 is 68.2. The number of hydrogen-bond acceptors (Lipinski definition) is 6. The van der Waals surface area contributed by atoms with Gasteiger partial charge in [0.2, 0.25) is 0 Å². The summed E-state index contributed by atoms with van der Waals surface area (Å²) in [4.78, 5) is 3.47. The zero-order valence-electron chi connectivity index (χ0n) is 20.5. The second-order valence-electron chi connectivity index (χ2n) is 8.75. The van der Waals surface area contributed by atoms with Gasteiger partial charge in [-0.05, 0) is 18.2 Å². The molecule has 16 heteroatoms. The van der Waals surface area contributed by atoms with E-state index >= 15 is 0 Å². The van der Waals surface area contributed by atoms with E-state index in [9.17, 15) is 25.9 Å². The number of rotatable bonds is 8. The monoisotopic (exact) mass is 655 g/mol. The number of hydrogen-bond donors (Lipinski definition) is 2. The summed E-state index contributed by atoms with van der Waals surface area (Å²) >= 11 is 24.9. The molecule has 39 heavy (non-hydrogen) atoms. The number of allylic oxidation sites excluding steroid dienone is 2. The lowest BCUT2D eigenvalue weighted by Crippen LogP contribution is -2.39. The second kappa shape index (κ2) is 11.1. The smallest absolute Gasteiger partial charge is 0.282 e. The first-order valence-electron chi connectivity index (χ1n) is 11.2. The van der Waals surface area contributed by atoms with Gasteiger partial charge in [0.1, 0.15) is 18.1 Å². The van der Waals surface area contributed by atoms with Crippen LogP contribution in [0.15, 0.2) is 42.2 Å². The molecular formula is C23H23Cl4N4O6S2+. The molecule has 1 aromatic heterocycles. The number of imidazole rings is 1. The molecule has 0 spiro atoms. The van der Waals surface area contributed by atoms with Crippen LogP contribution in [0.25, 0.3) is 17.1 Å². The van der Waals surface area contributed by atoms with Crippen LogP contribution in [0.2, 0.25) is 20.1 Å². The third-order valence-electron chi connectivity index (χ3n) is 6.22. The van der Waals surface area contributed by atoms with Crippen molar-refractivity contribution in [1.29, 1.82) is 0 Å². The number of nitrogens with zero attached hydrogens (tertiary/aromatic N) is 4. The molecule has 0 amide bonds. The van der Waals surface area contributed by atoms with Crippen LogP contribution in [0.1, 0.15) is 5.82 Å². The van der Waals surface area contributed by atoms with Gasteiger partial charge in [0.15, 0.2) is 11.0 Å². The lowest BCUT2D eigenvalue weighted by atomic mass is 10.2. The SMILES string of the molecule is CN1C(=CC=Cc2n(C)c3cc(Cl)c(Cl)cc3[n+]2CCS(=O)(=O)O)N(CCS(=O)(=O)O)c2cc(Cl)c(Cl)cc21. The molecule has 0 fully saturated rings. The molecular weight excluding hydrogens is 634 g/mol. The van der Waals surface area contributed by atoms with Crippen LogP contribution in [0, 0.1) is 0 Å². The predicted molar refractivity (Wildman–Crippen MR) is 155 cm³/mol. The van der Waals surface area contributed by atoms with Crippen molar-refractivity contribution < 1.29 is 30.5 Å². The Hall–Kier alpha value is -2.03. The largest absolute Gasteiger partial charge is 0.329 e. The number of aryl methyl sites for hydroxylation is 2. The van der Waals surface area contributed by atoms with E-state index in [0.717, 1.165) is 0 Å². The normalized spacial score (nSPS) is 15.3.